The van der Waals surface area contributed by atoms with E-state index in [9.17, 15) is 30.7 Å². The quantitative estimate of drug-likeness (QED) is 0.474. The molecule has 0 radical (unpaired) electrons. The third-order valence-corrected chi connectivity index (χ3v) is 7.89. The predicted octanol–water partition coefficient (Wildman–Crippen LogP) is 6.08. The van der Waals surface area contributed by atoms with E-state index >= 15 is 0 Å². The molecule has 202 valence electrons. The molecule has 0 spiro atoms. The molecule has 2 aliphatic heterocycles. The molecule has 2 aromatic carbocycles. The topological polar surface area (TPSA) is 18.5 Å². The minimum atomic E-state index is -4.92. The zero-order chi connectivity index (χ0) is 26.4. The molecule has 1 saturated carbocycles. The zero-order valence-electron chi connectivity index (χ0n) is 20.3. The molecule has 3 aliphatic rings. The maximum atomic E-state index is 13.8. The van der Waals surface area contributed by atoms with Crippen LogP contribution in [0.2, 0.25) is 0 Å². The van der Waals surface area contributed by atoms with Crippen LogP contribution in [-0.4, -0.2) is 55.1 Å². The second kappa shape index (κ2) is 10.2. The van der Waals surface area contributed by atoms with Gasteiger partial charge in [0.1, 0.15) is 5.82 Å². The van der Waals surface area contributed by atoms with Crippen LogP contribution >= 0.6 is 0 Å². The Kier molecular flexibility index (Phi) is 7.28. The van der Waals surface area contributed by atoms with Gasteiger partial charge in [0, 0.05) is 50.7 Å². The standard InChI is InChI=1S/C27H30F7N3/c28-22-5-3-18(4-6-22)24-23(37-11-9-36(10-12-37)16-17-1-2-17)7-8-35-25(24)19-13-20(26(29,30)31)15-21(14-19)27(32,33)34/h3-6,13-15,17,23-25,35H,1-2,7-12,16H2/t23?,24-,25-/m1/s1. The number of rotatable bonds is 5. The van der Waals surface area contributed by atoms with Gasteiger partial charge in [0.15, 0.2) is 0 Å². The van der Waals surface area contributed by atoms with Crippen LogP contribution in [0.15, 0.2) is 42.5 Å². The molecule has 1 N–H and O–H groups in total. The van der Waals surface area contributed by atoms with Crippen LogP contribution < -0.4 is 5.32 Å². The molecule has 1 unspecified atom stereocenters. The predicted molar refractivity (Wildman–Crippen MR) is 125 cm³/mol. The van der Waals surface area contributed by atoms with Crippen LogP contribution in [0.1, 0.15) is 53.5 Å². The maximum Gasteiger partial charge on any atom is 0.416 e. The summed E-state index contributed by atoms with van der Waals surface area (Å²) in [7, 11) is 0. The van der Waals surface area contributed by atoms with Crippen LogP contribution in [-0.2, 0) is 12.4 Å². The minimum absolute atomic E-state index is 0.0615. The smallest absolute Gasteiger partial charge is 0.309 e. The third kappa shape index (κ3) is 6.12. The first-order valence-electron chi connectivity index (χ1n) is 12.7. The van der Waals surface area contributed by atoms with Crippen molar-refractivity contribution in [3.05, 3.63) is 70.5 Å². The van der Waals surface area contributed by atoms with E-state index in [0.29, 0.717) is 18.5 Å². The average molecular weight is 530 g/mol. The average Bonchev–Trinajstić information content (AvgIpc) is 3.67. The largest absolute Gasteiger partial charge is 0.416 e. The van der Waals surface area contributed by atoms with Crippen molar-refractivity contribution in [2.45, 2.75) is 49.6 Å². The van der Waals surface area contributed by atoms with E-state index in [2.05, 4.69) is 15.1 Å². The van der Waals surface area contributed by atoms with E-state index in [1.54, 1.807) is 12.1 Å². The Hall–Kier alpha value is -2.17. The molecule has 37 heavy (non-hydrogen) atoms. The summed E-state index contributed by atoms with van der Waals surface area (Å²) in [4.78, 5) is 4.74. The molecule has 1 aliphatic carbocycles. The van der Waals surface area contributed by atoms with E-state index in [-0.39, 0.29) is 17.7 Å². The van der Waals surface area contributed by atoms with E-state index in [1.807, 2.05) is 0 Å². The molecule has 10 heteroatoms. The molecule has 2 saturated heterocycles. The molecule has 3 nitrogen and oxygen atoms in total. The second-order valence-corrected chi connectivity index (χ2v) is 10.5. The fourth-order valence-electron chi connectivity index (χ4n) is 5.85. The normalized spacial score (nSPS) is 26.4. The molecular weight excluding hydrogens is 499 g/mol. The number of hydrogen-bond acceptors (Lipinski definition) is 3. The zero-order valence-corrected chi connectivity index (χ0v) is 20.3. The first kappa shape index (κ1) is 26.4. The molecule has 2 heterocycles. The Morgan fingerprint density at radius 3 is 1.89 bits per heavy atom. The summed E-state index contributed by atoms with van der Waals surface area (Å²) in [5, 5.41) is 3.20. The van der Waals surface area contributed by atoms with Gasteiger partial charge in [0.25, 0.3) is 0 Å². The van der Waals surface area contributed by atoms with Crippen molar-refractivity contribution < 1.29 is 30.7 Å². The van der Waals surface area contributed by atoms with Crippen LogP contribution in [0, 0.1) is 11.7 Å². The Morgan fingerprint density at radius 2 is 1.35 bits per heavy atom. The van der Waals surface area contributed by atoms with Crippen LogP contribution in [0.4, 0.5) is 30.7 Å². The summed E-state index contributed by atoms with van der Waals surface area (Å²) < 4.78 is 95.5. The SMILES string of the molecule is Fc1ccc([C@@H]2C(N3CCN(CC4CC4)CC3)CCN[C@@H]2c2cc(C(F)(F)F)cc(C(F)(F)F)c2)cc1. The van der Waals surface area contributed by atoms with E-state index in [0.717, 1.165) is 50.8 Å². The molecule has 0 bridgehead atoms. The van der Waals surface area contributed by atoms with Crippen LogP contribution in [0.3, 0.4) is 0 Å². The van der Waals surface area contributed by atoms with Crippen molar-refractivity contribution in [3.8, 4) is 0 Å². The first-order chi connectivity index (χ1) is 17.5. The minimum Gasteiger partial charge on any atom is -0.309 e. The molecule has 5 rings (SSSR count). The lowest BCUT2D eigenvalue weighted by molar-refractivity contribution is -0.143. The monoisotopic (exact) mass is 529 g/mol. The van der Waals surface area contributed by atoms with Crippen molar-refractivity contribution in [1.29, 1.82) is 0 Å². The van der Waals surface area contributed by atoms with Gasteiger partial charge in [-0.25, -0.2) is 4.39 Å². The number of alkyl halides is 6. The van der Waals surface area contributed by atoms with E-state index in [1.165, 1.54) is 25.0 Å². The van der Waals surface area contributed by atoms with Gasteiger partial charge >= 0.3 is 12.4 Å². The van der Waals surface area contributed by atoms with Crippen molar-refractivity contribution in [2.75, 3.05) is 39.3 Å². The second-order valence-electron chi connectivity index (χ2n) is 10.5. The molecule has 3 fully saturated rings. The van der Waals surface area contributed by atoms with Gasteiger partial charge in [-0.15, -0.1) is 0 Å². The van der Waals surface area contributed by atoms with Gasteiger partial charge in [0.2, 0.25) is 0 Å². The number of piperazine rings is 1. The van der Waals surface area contributed by atoms with Gasteiger partial charge in [0.05, 0.1) is 11.1 Å². The van der Waals surface area contributed by atoms with Crippen molar-refractivity contribution >= 4 is 0 Å². The van der Waals surface area contributed by atoms with Crippen molar-refractivity contribution in [1.82, 2.24) is 15.1 Å². The molecule has 3 atom stereocenters. The highest BCUT2D eigenvalue weighted by Crippen LogP contribution is 2.44. The van der Waals surface area contributed by atoms with Gasteiger partial charge in [-0.3, -0.25) is 4.90 Å². The summed E-state index contributed by atoms with van der Waals surface area (Å²) in [5.74, 6) is -0.132. The fourth-order valence-corrected chi connectivity index (χ4v) is 5.85. The summed E-state index contributed by atoms with van der Waals surface area (Å²) >= 11 is 0. The van der Waals surface area contributed by atoms with E-state index < -0.39 is 41.3 Å². The highest BCUT2D eigenvalue weighted by molar-refractivity contribution is 5.38. The van der Waals surface area contributed by atoms with E-state index in [4.69, 9.17) is 0 Å². The van der Waals surface area contributed by atoms with Gasteiger partial charge in [-0.2, -0.15) is 26.3 Å². The number of piperidine rings is 1. The number of hydrogen-bond donors (Lipinski definition) is 1. The molecule has 0 aromatic heterocycles. The molecular formula is C27H30F7N3. The maximum absolute atomic E-state index is 13.8. The number of nitrogens with one attached hydrogen (secondary N) is 1. The molecule has 0 amide bonds. The number of halogens is 7. The highest BCUT2D eigenvalue weighted by Gasteiger charge is 2.42. The van der Waals surface area contributed by atoms with Gasteiger partial charge in [-0.05, 0) is 73.2 Å². The Morgan fingerprint density at radius 1 is 0.757 bits per heavy atom. The summed E-state index contributed by atoms with van der Waals surface area (Å²) in [6.07, 6.45) is -6.63. The molecule has 2 aromatic rings. The van der Waals surface area contributed by atoms with Crippen LogP contribution in [0.25, 0.3) is 0 Å². The van der Waals surface area contributed by atoms with Gasteiger partial charge < -0.3 is 10.2 Å². The Labute approximate surface area is 211 Å². The summed E-state index contributed by atoms with van der Waals surface area (Å²) in [6, 6.07) is 6.66. The number of nitrogens with zero attached hydrogens (tertiary/aromatic N) is 2. The third-order valence-electron chi connectivity index (χ3n) is 7.89. The lowest BCUT2D eigenvalue weighted by Crippen LogP contribution is -2.56. The summed E-state index contributed by atoms with van der Waals surface area (Å²) in [5.41, 5.74) is -2.02. The van der Waals surface area contributed by atoms with Gasteiger partial charge in [-0.1, -0.05) is 12.1 Å². The highest BCUT2D eigenvalue weighted by atomic mass is 19.4. The number of benzene rings is 2. The lowest BCUT2D eigenvalue weighted by Gasteiger charge is -2.48. The van der Waals surface area contributed by atoms with Crippen LogP contribution in [0.5, 0.6) is 0 Å². The lowest BCUT2D eigenvalue weighted by atomic mass is 9.76. The fraction of sp³-hybridized carbons (Fsp3) is 0.556. The summed E-state index contributed by atoms with van der Waals surface area (Å²) in [6.45, 7) is 4.84. The Bertz CT molecular complexity index is 1040. The Balaban J connectivity index is 1.50. The van der Waals surface area contributed by atoms with Crippen molar-refractivity contribution in [2.24, 2.45) is 5.92 Å². The first-order valence-corrected chi connectivity index (χ1v) is 12.7. The van der Waals surface area contributed by atoms with Crippen molar-refractivity contribution in [3.63, 3.8) is 0 Å².